The molecular formula is C18H16O2. The van der Waals surface area contributed by atoms with Gasteiger partial charge in [0.2, 0.25) is 0 Å². The molecule has 0 unspecified atom stereocenters. The summed E-state index contributed by atoms with van der Waals surface area (Å²) in [5.74, 6) is -0.0272. The van der Waals surface area contributed by atoms with E-state index < -0.39 is 0 Å². The van der Waals surface area contributed by atoms with Gasteiger partial charge in [-0.3, -0.25) is 9.59 Å². The van der Waals surface area contributed by atoms with Gasteiger partial charge < -0.3 is 0 Å². The maximum atomic E-state index is 10.9. The first-order valence-electron chi connectivity index (χ1n) is 6.16. The summed E-state index contributed by atoms with van der Waals surface area (Å²) in [6, 6.07) is 18.8. The molecule has 0 bridgehead atoms. The van der Waals surface area contributed by atoms with E-state index in [1.54, 1.807) is 18.2 Å². The first-order valence-corrected chi connectivity index (χ1v) is 6.16. The van der Waals surface area contributed by atoms with E-state index in [1.807, 2.05) is 48.5 Å². The summed E-state index contributed by atoms with van der Waals surface area (Å²) in [5.41, 5.74) is 1.74. The molecule has 0 saturated heterocycles. The summed E-state index contributed by atoms with van der Waals surface area (Å²) < 4.78 is 0. The molecule has 2 aromatic rings. The van der Waals surface area contributed by atoms with Crippen LogP contribution in [0.2, 0.25) is 0 Å². The lowest BCUT2D eigenvalue weighted by Crippen LogP contribution is -1.90. The van der Waals surface area contributed by atoms with Crippen LogP contribution in [0, 0.1) is 0 Å². The van der Waals surface area contributed by atoms with Gasteiger partial charge in [0.05, 0.1) is 0 Å². The molecule has 2 aromatic carbocycles. The summed E-state index contributed by atoms with van der Waals surface area (Å²) >= 11 is 0. The van der Waals surface area contributed by atoms with Crippen LogP contribution in [0.15, 0.2) is 79.4 Å². The molecule has 20 heavy (non-hydrogen) atoms. The van der Waals surface area contributed by atoms with Crippen LogP contribution in [0.5, 0.6) is 0 Å². The Labute approximate surface area is 119 Å². The van der Waals surface area contributed by atoms with Gasteiger partial charge in [-0.1, -0.05) is 73.3 Å². The number of benzene rings is 2. The minimum absolute atomic E-state index is 0.0272. The average Bonchev–Trinajstić information content (AvgIpc) is 2.54. The molecule has 2 nitrogen and oxygen atoms in total. The Morgan fingerprint density at radius 2 is 1.45 bits per heavy atom. The third-order valence-corrected chi connectivity index (χ3v) is 2.41. The van der Waals surface area contributed by atoms with Crippen molar-refractivity contribution in [1.29, 1.82) is 0 Å². The van der Waals surface area contributed by atoms with Crippen molar-refractivity contribution in [2.24, 2.45) is 0 Å². The molecule has 0 heterocycles. The molecule has 0 atom stereocenters. The maximum Gasteiger partial charge on any atom is 0.185 e. The van der Waals surface area contributed by atoms with Gasteiger partial charge in [0.15, 0.2) is 5.78 Å². The van der Waals surface area contributed by atoms with Crippen molar-refractivity contribution < 1.29 is 9.59 Å². The fourth-order valence-corrected chi connectivity index (χ4v) is 1.43. The minimum atomic E-state index is -0.0272. The number of rotatable bonds is 4. The third-order valence-electron chi connectivity index (χ3n) is 2.41. The largest absolute Gasteiger partial charge is 0.299 e. The van der Waals surface area contributed by atoms with Crippen LogP contribution in [0.25, 0.3) is 6.08 Å². The van der Waals surface area contributed by atoms with Crippen molar-refractivity contribution in [3.05, 3.63) is 90.5 Å². The molecule has 0 aliphatic rings. The smallest absolute Gasteiger partial charge is 0.185 e. The van der Waals surface area contributed by atoms with E-state index in [1.165, 1.54) is 12.2 Å². The van der Waals surface area contributed by atoms with Gasteiger partial charge in [0.25, 0.3) is 0 Å². The van der Waals surface area contributed by atoms with Crippen LogP contribution in [-0.2, 0) is 4.79 Å². The molecule has 100 valence electrons. The normalized spacial score (nSPS) is 9.40. The molecule has 0 aliphatic carbocycles. The molecule has 0 aromatic heterocycles. The molecule has 2 heteroatoms. The second kappa shape index (κ2) is 9.22. The van der Waals surface area contributed by atoms with E-state index in [9.17, 15) is 9.59 Å². The maximum absolute atomic E-state index is 10.9. The van der Waals surface area contributed by atoms with Gasteiger partial charge in [-0.2, -0.15) is 0 Å². The van der Waals surface area contributed by atoms with Crippen molar-refractivity contribution in [3.63, 3.8) is 0 Å². The monoisotopic (exact) mass is 264 g/mol. The second-order valence-corrected chi connectivity index (χ2v) is 3.84. The fourth-order valence-electron chi connectivity index (χ4n) is 1.43. The van der Waals surface area contributed by atoms with Gasteiger partial charge in [0, 0.05) is 5.56 Å². The highest BCUT2D eigenvalue weighted by Crippen LogP contribution is 1.99. The SMILES string of the molecule is C=CC(=O)c1ccccc1.O=C/C=C/c1ccccc1. The van der Waals surface area contributed by atoms with E-state index in [0.717, 1.165) is 11.8 Å². The number of hydrogen-bond acceptors (Lipinski definition) is 2. The van der Waals surface area contributed by atoms with E-state index in [0.29, 0.717) is 5.56 Å². The number of ketones is 1. The lowest BCUT2D eigenvalue weighted by atomic mass is 10.1. The van der Waals surface area contributed by atoms with E-state index in [2.05, 4.69) is 6.58 Å². The molecule has 0 saturated carbocycles. The van der Waals surface area contributed by atoms with Gasteiger partial charge in [-0.15, -0.1) is 0 Å². The predicted octanol–water partition coefficient (Wildman–Crippen LogP) is 3.95. The minimum Gasteiger partial charge on any atom is -0.299 e. The highest BCUT2D eigenvalue weighted by Gasteiger charge is 1.95. The molecule has 0 spiro atoms. The fraction of sp³-hybridized carbons (Fsp3) is 0. The first-order chi connectivity index (χ1) is 9.77. The van der Waals surface area contributed by atoms with Crippen LogP contribution in [0.4, 0.5) is 0 Å². The summed E-state index contributed by atoms with van der Waals surface area (Å²) in [6.45, 7) is 3.39. The van der Waals surface area contributed by atoms with Crippen molar-refractivity contribution in [3.8, 4) is 0 Å². The topological polar surface area (TPSA) is 34.1 Å². The van der Waals surface area contributed by atoms with Gasteiger partial charge in [0.1, 0.15) is 6.29 Å². The lowest BCUT2D eigenvalue weighted by Gasteiger charge is -1.90. The standard InChI is InChI=1S/2C9H8O/c1-2-9(10)8-6-4-3-5-7-8;10-8-4-7-9-5-2-1-3-6-9/h2-7H,1H2;1-8H/b;7-4+. The predicted molar refractivity (Wildman–Crippen MR) is 82.5 cm³/mol. The Balaban J connectivity index is 0.000000200. The molecule has 2 rings (SSSR count). The number of aldehydes is 1. The molecule has 0 N–H and O–H groups in total. The van der Waals surface area contributed by atoms with Crippen molar-refractivity contribution >= 4 is 18.1 Å². The second-order valence-electron chi connectivity index (χ2n) is 3.84. The molecule has 0 aliphatic heterocycles. The molecule has 0 amide bonds. The summed E-state index contributed by atoms with van der Waals surface area (Å²) in [6.07, 6.45) is 5.34. The average molecular weight is 264 g/mol. The number of allylic oxidation sites excluding steroid dienone is 2. The van der Waals surface area contributed by atoms with Crippen molar-refractivity contribution in [2.75, 3.05) is 0 Å². The van der Waals surface area contributed by atoms with Crippen LogP contribution >= 0.6 is 0 Å². The Morgan fingerprint density at radius 3 is 1.95 bits per heavy atom. The Morgan fingerprint density at radius 1 is 0.900 bits per heavy atom. The van der Waals surface area contributed by atoms with Gasteiger partial charge >= 0.3 is 0 Å². The number of carbonyl (C=O) groups is 2. The number of hydrogen-bond donors (Lipinski definition) is 0. The zero-order valence-corrected chi connectivity index (χ0v) is 11.1. The summed E-state index contributed by atoms with van der Waals surface area (Å²) in [4.78, 5) is 20.8. The van der Waals surface area contributed by atoms with E-state index in [4.69, 9.17) is 0 Å². The van der Waals surface area contributed by atoms with Gasteiger partial charge in [-0.05, 0) is 17.7 Å². The summed E-state index contributed by atoms with van der Waals surface area (Å²) in [5, 5.41) is 0. The van der Waals surface area contributed by atoms with Crippen LogP contribution in [0.3, 0.4) is 0 Å². The van der Waals surface area contributed by atoms with Crippen molar-refractivity contribution in [1.82, 2.24) is 0 Å². The molecule has 0 radical (unpaired) electrons. The van der Waals surface area contributed by atoms with Crippen LogP contribution in [0.1, 0.15) is 15.9 Å². The third kappa shape index (κ3) is 5.74. The zero-order chi connectivity index (χ0) is 14.6. The quantitative estimate of drug-likeness (QED) is 0.476. The highest BCUT2D eigenvalue weighted by molar-refractivity contribution is 6.04. The van der Waals surface area contributed by atoms with Gasteiger partial charge in [-0.25, -0.2) is 0 Å². The van der Waals surface area contributed by atoms with E-state index >= 15 is 0 Å². The van der Waals surface area contributed by atoms with E-state index in [-0.39, 0.29) is 5.78 Å². The summed E-state index contributed by atoms with van der Waals surface area (Å²) in [7, 11) is 0. The Bertz CT molecular complexity index is 569. The van der Waals surface area contributed by atoms with Crippen LogP contribution < -0.4 is 0 Å². The van der Waals surface area contributed by atoms with Crippen molar-refractivity contribution in [2.45, 2.75) is 0 Å². The Hall–Kier alpha value is -2.74. The number of carbonyl (C=O) groups excluding carboxylic acids is 2. The lowest BCUT2D eigenvalue weighted by molar-refractivity contribution is -0.104. The van der Waals surface area contributed by atoms with Crippen LogP contribution in [-0.4, -0.2) is 12.1 Å². The zero-order valence-electron chi connectivity index (χ0n) is 11.1. The molecular weight excluding hydrogens is 248 g/mol. The first kappa shape index (κ1) is 15.3. The highest BCUT2D eigenvalue weighted by atomic mass is 16.1. The Kier molecular flexibility index (Phi) is 7.07. The molecule has 0 fully saturated rings.